The Balaban J connectivity index is 1.73. The molecule has 0 aromatic heterocycles. The molecular weight excluding hydrogens is 499 g/mol. The Hall–Kier alpha value is -2.93. The minimum Gasteiger partial charge on any atom is -0.492 e. The summed E-state index contributed by atoms with van der Waals surface area (Å²) in [7, 11) is 3.35. The van der Waals surface area contributed by atoms with E-state index in [1.54, 1.807) is 38.4 Å². The summed E-state index contributed by atoms with van der Waals surface area (Å²) >= 11 is 12.1. The van der Waals surface area contributed by atoms with E-state index >= 15 is 0 Å². The van der Waals surface area contributed by atoms with Gasteiger partial charge in [-0.25, -0.2) is 4.79 Å². The number of amides is 2. The smallest absolute Gasteiger partial charge is 0.317 e. The second-order valence-corrected chi connectivity index (χ2v) is 10.2. The second-order valence-electron chi connectivity index (χ2n) is 9.40. The van der Waals surface area contributed by atoms with Crippen molar-refractivity contribution in [2.24, 2.45) is 0 Å². The van der Waals surface area contributed by atoms with Crippen LogP contribution in [0.1, 0.15) is 29.0 Å². The number of benzene rings is 3. The molecule has 5 rings (SSSR count). The number of hydrogen-bond acceptors (Lipinski definition) is 4. The number of rotatable bonds is 6. The molecule has 8 heteroatoms. The van der Waals surface area contributed by atoms with Crippen molar-refractivity contribution in [3.8, 4) is 11.5 Å². The number of urea groups is 1. The van der Waals surface area contributed by atoms with Gasteiger partial charge in [-0.2, -0.15) is 0 Å². The summed E-state index contributed by atoms with van der Waals surface area (Å²) in [6.07, 6.45) is 0.465. The van der Waals surface area contributed by atoms with E-state index < -0.39 is 17.2 Å². The minimum absolute atomic E-state index is 0.281. The fourth-order valence-corrected chi connectivity index (χ4v) is 5.83. The lowest BCUT2D eigenvalue weighted by molar-refractivity contribution is -0.116. The third kappa shape index (κ3) is 3.79. The zero-order chi connectivity index (χ0) is 25.5. The van der Waals surface area contributed by atoms with Gasteiger partial charge in [0.25, 0.3) is 0 Å². The van der Waals surface area contributed by atoms with Gasteiger partial charge in [0.1, 0.15) is 18.1 Å². The lowest BCUT2D eigenvalue weighted by Crippen LogP contribution is -2.57. The largest absolute Gasteiger partial charge is 0.492 e. The number of aliphatic hydroxyl groups is 1. The van der Waals surface area contributed by atoms with Crippen LogP contribution in [0.5, 0.6) is 11.5 Å². The van der Waals surface area contributed by atoms with Crippen LogP contribution in [0, 0.1) is 0 Å². The van der Waals surface area contributed by atoms with Gasteiger partial charge in [0.05, 0.1) is 11.9 Å². The number of ether oxygens (including phenoxy) is 2. The van der Waals surface area contributed by atoms with Gasteiger partial charge in [0.15, 0.2) is 11.2 Å². The molecule has 2 aliphatic rings. The molecule has 1 aliphatic heterocycles. The van der Waals surface area contributed by atoms with Crippen molar-refractivity contribution < 1.29 is 19.4 Å². The molecule has 3 aromatic carbocycles. The van der Waals surface area contributed by atoms with Crippen LogP contribution in [0.2, 0.25) is 5.02 Å². The third-order valence-corrected chi connectivity index (χ3v) is 7.60. The van der Waals surface area contributed by atoms with Crippen molar-refractivity contribution in [1.82, 2.24) is 10.2 Å². The Kier molecular flexibility index (Phi) is 6.54. The molecule has 1 aliphatic carbocycles. The molecular formula is C28H28Cl2N2O4. The molecule has 0 unspecified atom stereocenters. The number of nitrogens with zero attached hydrogens (tertiary/aromatic N) is 1. The monoisotopic (exact) mass is 526 g/mol. The third-order valence-electron chi connectivity index (χ3n) is 7.19. The Morgan fingerprint density at radius 1 is 1.14 bits per heavy atom. The number of alkyl halides is 1. The molecule has 3 aromatic rings. The SMILES string of the molecule is CN(C)C(=O)N[C@@H]1C[C@@H](c2ccccc2)[C@]2(c3ccc(Cl)cc3)Oc3cc(OCCCl)ccc3[C@]12O. The van der Waals surface area contributed by atoms with Gasteiger partial charge in [-0.3, -0.25) is 0 Å². The summed E-state index contributed by atoms with van der Waals surface area (Å²) in [5.41, 5.74) is -0.439. The highest BCUT2D eigenvalue weighted by Crippen LogP contribution is 2.66. The zero-order valence-corrected chi connectivity index (χ0v) is 21.6. The summed E-state index contributed by atoms with van der Waals surface area (Å²) in [6.45, 7) is 0.348. The standard InChI is InChI=1S/C28H28Cl2N2O4/c1-32(2)26(33)31-25-17-23(18-6-4-3-5-7-18)28(19-8-10-20(30)11-9-19)27(25,34)22-13-12-21(35-15-14-29)16-24(22)36-28/h3-13,16,23,25,34H,14-15,17H2,1-2H3,(H,31,33)/t23-,25+,27-,28-/m0/s1. The molecule has 1 fully saturated rings. The number of carbonyl (C=O) groups is 1. The van der Waals surface area contributed by atoms with Crippen LogP contribution in [0.25, 0.3) is 0 Å². The molecule has 2 N–H and O–H groups in total. The van der Waals surface area contributed by atoms with Crippen LogP contribution in [-0.4, -0.2) is 48.7 Å². The maximum atomic E-state index is 12.9. The average molecular weight is 527 g/mol. The van der Waals surface area contributed by atoms with E-state index in [-0.39, 0.29) is 11.9 Å². The fraction of sp³-hybridized carbons (Fsp3) is 0.321. The van der Waals surface area contributed by atoms with Crippen LogP contribution in [0.15, 0.2) is 72.8 Å². The van der Waals surface area contributed by atoms with Gasteiger partial charge >= 0.3 is 6.03 Å². The molecule has 36 heavy (non-hydrogen) atoms. The van der Waals surface area contributed by atoms with Gasteiger partial charge in [-0.05, 0) is 41.8 Å². The molecule has 1 saturated carbocycles. The molecule has 0 spiro atoms. The average Bonchev–Trinajstić information content (AvgIpc) is 3.28. The molecule has 6 nitrogen and oxygen atoms in total. The highest BCUT2D eigenvalue weighted by atomic mass is 35.5. The highest BCUT2D eigenvalue weighted by Gasteiger charge is 2.73. The van der Waals surface area contributed by atoms with Gasteiger partial charge < -0.3 is 24.8 Å². The lowest BCUT2D eigenvalue weighted by atomic mass is 9.71. The van der Waals surface area contributed by atoms with E-state index in [0.29, 0.717) is 41.0 Å². The minimum atomic E-state index is -1.58. The first-order chi connectivity index (χ1) is 17.3. The van der Waals surface area contributed by atoms with E-state index in [2.05, 4.69) is 5.32 Å². The topological polar surface area (TPSA) is 71.0 Å². The van der Waals surface area contributed by atoms with Crippen molar-refractivity contribution in [2.75, 3.05) is 26.6 Å². The first kappa shape index (κ1) is 24.8. The van der Waals surface area contributed by atoms with Gasteiger partial charge in [-0.1, -0.05) is 54.1 Å². The van der Waals surface area contributed by atoms with Crippen molar-refractivity contribution >= 4 is 29.2 Å². The number of nitrogens with one attached hydrogen (secondary N) is 1. The van der Waals surface area contributed by atoms with Gasteiger partial charge in [-0.15, -0.1) is 11.6 Å². The van der Waals surface area contributed by atoms with Crippen LogP contribution >= 0.6 is 23.2 Å². The van der Waals surface area contributed by atoms with Gasteiger partial charge in [0, 0.05) is 36.7 Å². The van der Waals surface area contributed by atoms with Crippen molar-refractivity contribution in [1.29, 1.82) is 0 Å². The van der Waals surface area contributed by atoms with Crippen LogP contribution < -0.4 is 14.8 Å². The molecule has 2 amide bonds. The van der Waals surface area contributed by atoms with Crippen LogP contribution in [0.3, 0.4) is 0 Å². The lowest BCUT2D eigenvalue weighted by Gasteiger charge is -2.41. The second kappa shape index (κ2) is 9.51. The molecule has 1 heterocycles. The summed E-state index contributed by atoms with van der Waals surface area (Å²) in [5.74, 6) is 1.17. The number of carbonyl (C=O) groups excluding carboxylic acids is 1. The highest BCUT2D eigenvalue weighted by molar-refractivity contribution is 6.30. The van der Waals surface area contributed by atoms with Crippen molar-refractivity contribution in [3.63, 3.8) is 0 Å². The molecule has 0 radical (unpaired) electrons. The van der Waals surface area contributed by atoms with Crippen LogP contribution in [-0.2, 0) is 11.2 Å². The Morgan fingerprint density at radius 2 is 1.86 bits per heavy atom. The summed E-state index contributed by atoms with van der Waals surface area (Å²) < 4.78 is 12.6. The zero-order valence-electron chi connectivity index (χ0n) is 20.1. The number of halogens is 2. The molecule has 188 valence electrons. The normalized spacial score (nSPS) is 26.0. The van der Waals surface area contributed by atoms with Crippen molar-refractivity contribution in [3.05, 3.63) is 94.5 Å². The van der Waals surface area contributed by atoms with E-state index in [4.69, 9.17) is 32.7 Å². The number of fused-ring (bicyclic) bond motifs is 3. The van der Waals surface area contributed by atoms with E-state index in [1.165, 1.54) is 4.90 Å². The first-order valence-electron chi connectivity index (χ1n) is 11.8. The Labute approximate surface area is 220 Å². The molecule has 4 atom stereocenters. The fourth-order valence-electron chi connectivity index (χ4n) is 5.63. The number of hydrogen-bond donors (Lipinski definition) is 2. The maximum absolute atomic E-state index is 12.9. The van der Waals surface area contributed by atoms with Crippen molar-refractivity contribution in [2.45, 2.75) is 29.6 Å². The van der Waals surface area contributed by atoms with Crippen LogP contribution in [0.4, 0.5) is 4.79 Å². The molecule has 0 saturated heterocycles. The predicted molar refractivity (Wildman–Crippen MR) is 140 cm³/mol. The molecule has 0 bridgehead atoms. The predicted octanol–water partition coefficient (Wildman–Crippen LogP) is 5.26. The summed E-state index contributed by atoms with van der Waals surface area (Å²) in [4.78, 5) is 14.3. The quantitative estimate of drug-likeness (QED) is 0.429. The Morgan fingerprint density at radius 3 is 2.53 bits per heavy atom. The summed E-state index contributed by atoms with van der Waals surface area (Å²) in [6, 6.07) is 21.8. The first-order valence-corrected chi connectivity index (χ1v) is 12.8. The van der Waals surface area contributed by atoms with E-state index in [1.807, 2.05) is 48.5 Å². The van der Waals surface area contributed by atoms with Gasteiger partial charge in [0.2, 0.25) is 0 Å². The van der Waals surface area contributed by atoms with E-state index in [9.17, 15) is 9.90 Å². The summed E-state index contributed by atoms with van der Waals surface area (Å²) in [5, 5.41) is 16.4. The Bertz CT molecular complexity index is 1250. The maximum Gasteiger partial charge on any atom is 0.317 e. The van der Waals surface area contributed by atoms with E-state index in [0.717, 1.165) is 11.1 Å².